The molecule has 0 aliphatic rings. The molecule has 8 heteroatoms. The average molecular weight is 313 g/mol. The van der Waals surface area contributed by atoms with Crippen LogP contribution < -0.4 is 5.73 Å². The summed E-state index contributed by atoms with van der Waals surface area (Å²) in [6.45, 7) is 0. The summed E-state index contributed by atoms with van der Waals surface area (Å²) in [5, 5.41) is 8.05. The molecule has 1 aromatic carbocycles. The van der Waals surface area contributed by atoms with E-state index < -0.39 is 11.7 Å². The first-order chi connectivity index (χ1) is 9.86. The lowest BCUT2D eigenvalue weighted by Crippen LogP contribution is -2.06. The summed E-state index contributed by atoms with van der Waals surface area (Å²) in [4.78, 5) is 0. The molecule has 0 bridgehead atoms. The van der Waals surface area contributed by atoms with Crippen LogP contribution in [0.15, 0.2) is 36.5 Å². The van der Waals surface area contributed by atoms with E-state index in [2.05, 4.69) is 10.2 Å². The normalized spacial score (nSPS) is 12.0. The summed E-state index contributed by atoms with van der Waals surface area (Å²) in [5.74, 6) is 0.262. The van der Waals surface area contributed by atoms with Crippen LogP contribution in [-0.4, -0.2) is 14.6 Å². The third-order valence-corrected chi connectivity index (χ3v) is 3.32. The highest BCUT2D eigenvalue weighted by Gasteiger charge is 2.31. The Morgan fingerprint density at radius 1 is 1.10 bits per heavy atom. The zero-order valence-corrected chi connectivity index (χ0v) is 11.2. The van der Waals surface area contributed by atoms with Gasteiger partial charge in [-0.25, -0.2) is 0 Å². The Morgan fingerprint density at radius 3 is 2.52 bits per heavy atom. The van der Waals surface area contributed by atoms with Gasteiger partial charge in [-0.3, -0.25) is 4.40 Å². The van der Waals surface area contributed by atoms with Crippen molar-refractivity contribution in [1.82, 2.24) is 14.6 Å². The van der Waals surface area contributed by atoms with Gasteiger partial charge in [-0.05, 0) is 30.3 Å². The largest absolute Gasteiger partial charge is 0.417 e. The van der Waals surface area contributed by atoms with Crippen molar-refractivity contribution in [1.29, 1.82) is 0 Å². The van der Waals surface area contributed by atoms with Crippen molar-refractivity contribution in [3.63, 3.8) is 0 Å². The number of pyridine rings is 1. The summed E-state index contributed by atoms with van der Waals surface area (Å²) >= 11 is 5.92. The van der Waals surface area contributed by atoms with Crippen LogP contribution in [0.3, 0.4) is 0 Å². The summed E-state index contributed by atoms with van der Waals surface area (Å²) in [7, 11) is 0. The molecular weight excluding hydrogens is 305 g/mol. The first kappa shape index (κ1) is 13.7. The molecule has 0 saturated heterocycles. The first-order valence-electron chi connectivity index (χ1n) is 5.83. The third kappa shape index (κ3) is 2.40. The number of rotatable bonds is 1. The Hall–Kier alpha value is -2.28. The van der Waals surface area contributed by atoms with Crippen molar-refractivity contribution in [3.8, 4) is 11.4 Å². The van der Waals surface area contributed by atoms with E-state index in [0.717, 1.165) is 12.3 Å². The van der Waals surface area contributed by atoms with Gasteiger partial charge in [-0.15, -0.1) is 10.2 Å². The van der Waals surface area contributed by atoms with Crippen LogP contribution >= 0.6 is 11.6 Å². The lowest BCUT2D eigenvalue weighted by molar-refractivity contribution is -0.137. The predicted octanol–water partition coefficient (Wildman–Crippen LogP) is 3.65. The van der Waals surface area contributed by atoms with E-state index in [1.54, 1.807) is 12.1 Å². The maximum absolute atomic E-state index is 12.8. The monoisotopic (exact) mass is 312 g/mol. The van der Waals surface area contributed by atoms with Gasteiger partial charge < -0.3 is 5.73 Å². The molecule has 0 spiro atoms. The maximum atomic E-state index is 12.8. The maximum Gasteiger partial charge on any atom is 0.417 e. The summed E-state index contributed by atoms with van der Waals surface area (Å²) in [6.07, 6.45) is -3.48. The Bertz CT molecular complexity index is 826. The van der Waals surface area contributed by atoms with Crippen molar-refractivity contribution >= 4 is 22.9 Å². The Balaban J connectivity index is 2.20. The second kappa shape index (κ2) is 4.63. The van der Waals surface area contributed by atoms with Gasteiger partial charge in [0.1, 0.15) is 0 Å². The number of nitrogens with zero attached hydrogens (tertiary/aromatic N) is 3. The quantitative estimate of drug-likeness (QED) is 0.698. The fourth-order valence-corrected chi connectivity index (χ4v) is 2.10. The SMILES string of the molecule is Nc1ccc(-c2nnc3ccc(C(F)(F)F)cn23)cc1Cl. The summed E-state index contributed by atoms with van der Waals surface area (Å²) in [5.41, 5.74) is 6.05. The molecule has 0 fully saturated rings. The lowest BCUT2D eigenvalue weighted by atomic mass is 10.2. The van der Waals surface area contributed by atoms with Crippen LogP contribution in [0.5, 0.6) is 0 Å². The minimum absolute atomic E-state index is 0.262. The number of halogens is 4. The van der Waals surface area contributed by atoms with E-state index >= 15 is 0 Å². The molecule has 0 amide bonds. The van der Waals surface area contributed by atoms with Crippen LogP contribution in [0.2, 0.25) is 5.02 Å². The molecule has 3 aromatic rings. The predicted molar refractivity (Wildman–Crippen MR) is 72.8 cm³/mol. The van der Waals surface area contributed by atoms with Crippen molar-refractivity contribution in [2.45, 2.75) is 6.18 Å². The van der Waals surface area contributed by atoms with E-state index in [1.807, 2.05) is 0 Å². The third-order valence-electron chi connectivity index (χ3n) is 2.99. The zero-order valence-electron chi connectivity index (χ0n) is 10.4. The summed E-state index contributed by atoms with van der Waals surface area (Å²) < 4.78 is 39.6. The molecule has 3 rings (SSSR count). The van der Waals surface area contributed by atoms with Crippen LogP contribution in [0, 0.1) is 0 Å². The van der Waals surface area contributed by atoms with Crippen molar-refractivity contribution in [2.75, 3.05) is 5.73 Å². The Morgan fingerprint density at radius 2 is 1.86 bits per heavy atom. The Kier molecular flexibility index (Phi) is 3.02. The minimum Gasteiger partial charge on any atom is -0.398 e. The first-order valence-corrected chi connectivity index (χ1v) is 6.21. The molecule has 4 nitrogen and oxygen atoms in total. The molecule has 0 aliphatic carbocycles. The highest BCUT2D eigenvalue weighted by atomic mass is 35.5. The number of benzene rings is 1. The minimum atomic E-state index is -4.44. The topological polar surface area (TPSA) is 56.2 Å². The number of hydrogen-bond acceptors (Lipinski definition) is 3. The van der Waals surface area contributed by atoms with Gasteiger partial charge in [0.15, 0.2) is 11.5 Å². The van der Waals surface area contributed by atoms with Crippen molar-refractivity contribution in [3.05, 3.63) is 47.1 Å². The second-order valence-electron chi connectivity index (χ2n) is 4.40. The molecular formula is C13H8ClF3N4. The van der Waals surface area contributed by atoms with Crippen LogP contribution in [0.4, 0.5) is 18.9 Å². The van der Waals surface area contributed by atoms with Gasteiger partial charge in [-0.2, -0.15) is 13.2 Å². The van der Waals surface area contributed by atoms with Gasteiger partial charge in [-0.1, -0.05) is 11.6 Å². The smallest absolute Gasteiger partial charge is 0.398 e. The fourth-order valence-electron chi connectivity index (χ4n) is 1.92. The van der Waals surface area contributed by atoms with E-state index in [-0.39, 0.29) is 5.82 Å². The fraction of sp³-hybridized carbons (Fsp3) is 0.0769. The average Bonchev–Trinajstić information content (AvgIpc) is 2.84. The van der Waals surface area contributed by atoms with Crippen molar-refractivity contribution in [2.24, 2.45) is 0 Å². The molecule has 2 heterocycles. The highest BCUT2D eigenvalue weighted by molar-refractivity contribution is 6.33. The molecule has 2 aromatic heterocycles. The van der Waals surface area contributed by atoms with Gasteiger partial charge in [0.25, 0.3) is 0 Å². The molecule has 0 aliphatic heterocycles. The molecule has 0 unspecified atom stereocenters. The molecule has 0 radical (unpaired) electrons. The van der Waals surface area contributed by atoms with E-state index in [4.69, 9.17) is 17.3 Å². The lowest BCUT2D eigenvalue weighted by Gasteiger charge is -2.08. The second-order valence-corrected chi connectivity index (χ2v) is 4.81. The number of nitrogens with two attached hydrogens (primary N) is 1. The van der Waals surface area contributed by atoms with Gasteiger partial charge in [0.05, 0.1) is 16.3 Å². The number of alkyl halides is 3. The van der Waals surface area contributed by atoms with E-state index in [1.165, 1.54) is 16.5 Å². The van der Waals surface area contributed by atoms with Gasteiger partial charge in [0, 0.05) is 11.8 Å². The highest BCUT2D eigenvalue weighted by Crippen LogP contribution is 2.31. The molecule has 108 valence electrons. The standard InChI is InChI=1S/C13H8ClF3N4/c14-9-5-7(1-3-10(9)18)12-20-19-11-4-2-8(6-21(11)12)13(15,16)17/h1-6H,18H2. The van der Waals surface area contributed by atoms with Crippen molar-refractivity contribution < 1.29 is 13.2 Å². The number of anilines is 1. The van der Waals surface area contributed by atoms with Gasteiger partial charge >= 0.3 is 6.18 Å². The van der Waals surface area contributed by atoms with Crippen LogP contribution in [0.1, 0.15) is 5.56 Å². The molecule has 2 N–H and O–H groups in total. The Labute approximate surface area is 122 Å². The zero-order chi connectivity index (χ0) is 15.2. The molecule has 21 heavy (non-hydrogen) atoms. The summed E-state index contributed by atoms with van der Waals surface area (Å²) in [6, 6.07) is 6.94. The van der Waals surface area contributed by atoms with Crippen LogP contribution in [0.25, 0.3) is 17.0 Å². The number of nitrogen functional groups attached to an aromatic ring is 1. The van der Waals surface area contributed by atoms with E-state index in [9.17, 15) is 13.2 Å². The number of hydrogen-bond donors (Lipinski definition) is 1. The molecule has 0 saturated carbocycles. The molecule has 0 atom stereocenters. The van der Waals surface area contributed by atoms with Gasteiger partial charge in [0.2, 0.25) is 0 Å². The van der Waals surface area contributed by atoms with Crippen LogP contribution in [-0.2, 0) is 6.18 Å². The van der Waals surface area contributed by atoms with E-state index in [0.29, 0.717) is 21.9 Å². The number of fused-ring (bicyclic) bond motifs is 1. The number of aromatic nitrogens is 3.